The van der Waals surface area contributed by atoms with Crippen molar-refractivity contribution < 1.29 is 5.11 Å². The summed E-state index contributed by atoms with van der Waals surface area (Å²) in [5.41, 5.74) is 1.92. The van der Waals surface area contributed by atoms with Gasteiger partial charge in [-0.1, -0.05) is 11.6 Å². The SMILES string of the molecule is CC(CO)N(C)c1ccnc2cc(Cl)ccc12. The van der Waals surface area contributed by atoms with Crippen LogP contribution in [0.1, 0.15) is 6.92 Å². The van der Waals surface area contributed by atoms with Crippen LogP contribution in [-0.4, -0.2) is 29.8 Å². The summed E-state index contributed by atoms with van der Waals surface area (Å²) in [7, 11) is 1.96. The number of fused-ring (bicyclic) bond motifs is 1. The molecule has 0 aliphatic heterocycles. The molecular formula is C13H15ClN2O. The van der Waals surface area contributed by atoms with Crippen LogP contribution < -0.4 is 4.90 Å². The van der Waals surface area contributed by atoms with Crippen LogP contribution in [0, 0.1) is 0 Å². The molecule has 90 valence electrons. The molecule has 1 N–H and O–H groups in total. The third-order valence-corrected chi connectivity index (χ3v) is 3.22. The molecule has 1 atom stereocenters. The van der Waals surface area contributed by atoms with Crippen LogP contribution in [0.2, 0.25) is 5.02 Å². The second-order valence-electron chi connectivity index (χ2n) is 4.13. The molecule has 3 nitrogen and oxygen atoms in total. The van der Waals surface area contributed by atoms with Crippen molar-refractivity contribution in [3.8, 4) is 0 Å². The molecule has 4 heteroatoms. The van der Waals surface area contributed by atoms with E-state index >= 15 is 0 Å². The molecule has 0 aliphatic rings. The van der Waals surface area contributed by atoms with E-state index in [-0.39, 0.29) is 12.6 Å². The smallest absolute Gasteiger partial charge is 0.0737 e. The summed E-state index contributed by atoms with van der Waals surface area (Å²) in [6.07, 6.45) is 1.76. The minimum absolute atomic E-state index is 0.0660. The van der Waals surface area contributed by atoms with Crippen LogP contribution in [-0.2, 0) is 0 Å². The molecule has 0 amide bonds. The molecule has 0 spiro atoms. The van der Waals surface area contributed by atoms with E-state index in [0.717, 1.165) is 16.6 Å². The fourth-order valence-corrected chi connectivity index (χ4v) is 1.94. The van der Waals surface area contributed by atoms with Gasteiger partial charge in [0.15, 0.2) is 0 Å². The zero-order valence-corrected chi connectivity index (χ0v) is 10.6. The zero-order chi connectivity index (χ0) is 12.4. The Morgan fingerprint density at radius 3 is 2.88 bits per heavy atom. The molecule has 1 aromatic heterocycles. The molecule has 0 aliphatic carbocycles. The number of rotatable bonds is 3. The number of benzene rings is 1. The normalized spacial score (nSPS) is 12.7. The van der Waals surface area contributed by atoms with Gasteiger partial charge in [0.05, 0.1) is 12.1 Å². The average molecular weight is 251 g/mol. The highest BCUT2D eigenvalue weighted by molar-refractivity contribution is 6.31. The number of aromatic nitrogens is 1. The minimum atomic E-state index is 0.0660. The molecule has 0 saturated carbocycles. The number of pyridine rings is 1. The Morgan fingerprint density at radius 1 is 1.41 bits per heavy atom. The molecule has 2 rings (SSSR count). The molecule has 0 bridgehead atoms. The average Bonchev–Trinajstić information content (AvgIpc) is 2.35. The predicted molar refractivity (Wildman–Crippen MR) is 71.7 cm³/mol. The number of anilines is 1. The Balaban J connectivity index is 2.54. The minimum Gasteiger partial charge on any atom is -0.394 e. The quantitative estimate of drug-likeness (QED) is 0.910. The number of aliphatic hydroxyl groups is 1. The number of aliphatic hydroxyl groups excluding tert-OH is 1. The van der Waals surface area contributed by atoms with E-state index in [1.165, 1.54) is 0 Å². The highest BCUT2D eigenvalue weighted by Gasteiger charge is 2.12. The molecule has 0 fully saturated rings. The first kappa shape index (κ1) is 12.1. The summed E-state index contributed by atoms with van der Waals surface area (Å²) < 4.78 is 0. The lowest BCUT2D eigenvalue weighted by atomic mass is 10.1. The van der Waals surface area contributed by atoms with Gasteiger partial charge in [-0.25, -0.2) is 0 Å². The Kier molecular flexibility index (Phi) is 3.50. The van der Waals surface area contributed by atoms with Crippen molar-refractivity contribution in [1.82, 2.24) is 4.98 Å². The standard InChI is InChI=1S/C13H15ClN2O/c1-9(8-17)16(2)13-5-6-15-12-7-10(14)3-4-11(12)13/h3-7,9,17H,8H2,1-2H3. The van der Waals surface area contributed by atoms with Crippen molar-refractivity contribution in [2.45, 2.75) is 13.0 Å². The lowest BCUT2D eigenvalue weighted by Crippen LogP contribution is -2.31. The Bertz CT molecular complexity index is 530. The zero-order valence-electron chi connectivity index (χ0n) is 9.89. The van der Waals surface area contributed by atoms with Crippen molar-refractivity contribution in [1.29, 1.82) is 0 Å². The van der Waals surface area contributed by atoms with Crippen LogP contribution in [0.4, 0.5) is 5.69 Å². The van der Waals surface area contributed by atoms with E-state index in [2.05, 4.69) is 4.98 Å². The highest BCUT2D eigenvalue weighted by atomic mass is 35.5. The Hall–Kier alpha value is -1.32. The summed E-state index contributed by atoms with van der Waals surface area (Å²) in [4.78, 5) is 6.34. The topological polar surface area (TPSA) is 36.4 Å². The predicted octanol–water partition coefficient (Wildman–Crippen LogP) is 2.71. The second-order valence-corrected chi connectivity index (χ2v) is 4.57. The van der Waals surface area contributed by atoms with Gasteiger partial charge >= 0.3 is 0 Å². The van der Waals surface area contributed by atoms with Crippen LogP contribution >= 0.6 is 11.6 Å². The van der Waals surface area contributed by atoms with E-state index in [1.54, 1.807) is 6.20 Å². The summed E-state index contributed by atoms with van der Waals surface area (Å²) in [5.74, 6) is 0. The maximum Gasteiger partial charge on any atom is 0.0737 e. The number of nitrogens with zero attached hydrogens (tertiary/aromatic N) is 2. The van der Waals surface area contributed by atoms with E-state index in [9.17, 15) is 5.11 Å². The van der Waals surface area contributed by atoms with Gasteiger partial charge in [-0.2, -0.15) is 0 Å². The summed E-state index contributed by atoms with van der Waals surface area (Å²) >= 11 is 5.95. The summed E-state index contributed by atoms with van der Waals surface area (Å²) in [5, 5.41) is 10.9. The van der Waals surface area contributed by atoms with Crippen LogP contribution in [0.5, 0.6) is 0 Å². The molecule has 1 unspecified atom stereocenters. The molecule has 17 heavy (non-hydrogen) atoms. The summed E-state index contributed by atoms with van der Waals surface area (Å²) in [6.45, 7) is 2.09. The highest BCUT2D eigenvalue weighted by Crippen LogP contribution is 2.27. The Morgan fingerprint density at radius 2 is 2.18 bits per heavy atom. The number of hydrogen-bond donors (Lipinski definition) is 1. The van der Waals surface area contributed by atoms with Gasteiger partial charge in [-0.15, -0.1) is 0 Å². The molecule has 2 aromatic rings. The number of likely N-dealkylation sites (N-methyl/N-ethyl adjacent to an activating group) is 1. The van der Waals surface area contributed by atoms with Gasteiger partial charge in [-0.05, 0) is 31.2 Å². The molecule has 1 aromatic carbocycles. The lowest BCUT2D eigenvalue weighted by molar-refractivity contribution is 0.270. The van der Waals surface area contributed by atoms with Gasteiger partial charge in [0.1, 0.15) is 0 Å². The second kappa shape index (κ2) is 4.90. The van der Waals surface area contributed by atoms with Crippen molar-refractivity contribution in [2.75, 3.05) is 18.6 Å². The fourth-order valence-electron chi connectivity index (χ4n) is 1.77. The van der Waals surface area contributed by atoms with Gasteiger partial charge < -0.3 is 10.0 Å². The van der Waals surface area contributed by atoms with Crippen LogP contribution in [0.25, 0.3) is 10.9 Å². The monoisotopic (exact) mass is 250 g/mol. The van der Waals surface area contributed by atoms with Crippen molar-refractivity contribution in [3.63, 3.8) is 0 Å². The van der Waals surface area contributed by atoms with Crippen molar-refractivity contribution in [3.05, 3.63) is 35.5 Å². The molecular weight excluding hydrogens is 236 g/mol. The van der Waals surface area contributed by atoms with Gasteiger partial charge in [0, 0.05) is 35.4 Å². The van der Waals surface area contributed by atoms with Gasteiger partial charge in [-0.3, -0.25) is 4.98 Å². The summed E-state index contributed by atoms with van der Waals surface area (Å²) in [6, 6.07) is 7.67. The third kappa shape index (κ3) is 2.35. The maximum atomic E-state index is 9.20. The van der Waals surface area contributed by atoms with E-state index in [0.29, 0.717) is 5.02 Å². The molecule has 1 heterocycles. The van der Waals surface area contributed by atoms with Gasteiger partial charge in [0.25, 0.3) is 0 Å². The fraction of sp³-hybridized carbons (Fsp3) is 0.308. The van der Waals surface area contributed by atoms with Crippen molar-refractivity contribution in [2.24, 2.45) is 0 Å². The lowest BCUT2D eigenvalue weighted by Gasteiger charge is -2.26. The first-order valence-corrected chi connectivity index (χ1v) is 5.89. The first-order chi connectivity index (χ1) is 8.13. The first-order valence-electron chi connectivity index (χ1n) is 5.51. The maximum absolute atomic E-state index is 9.20. The van der Waals surface area contributed by atoms with E-state index < -0.39 is 0 Å². The third-order valence-electron chi connectivity index (χ3n) is 2.99. The Labute approximate surface area is 106 Å². The molecule has 0 radical (unpaired) electrons. The molecule has 0 saturated heterocycles. The van der Waals surface area contributed by atoms with E-state index in [1.807, 2.05) is 43.1 Å². The van der Waals surface area contributed by atoms with Gasteiger partial charge in [0.2, 0.25) is 0 Å². The van der Waals surface area contributed by atoms with Crippen LogP contribution in [0.15, 0.2) is 30.5 Å². The largest absolute Gasteiger partial charge is 0.394 e. The van der Waals surface area contributed by atoms with E-state index in [4.69, 9.17) is 11.6 Å². The van der Waals surface area contributed by atoms with Crippen molar-refractivity contribution >= 4 is 28.2 Å². The number of halogens is 1. The van der Waals surface area contributed by atoms with Crippen LogP contribution in [0.3, 0.4) is 0 Å². The number of hydrogen-bond acceptors (Lipinski definition) is 3.